The number of hydrogen-bond donors (Lipinski definition) is 2. The van der Waals surface area contributed by atoms with Crippen LogP contribution in [0.3, 0.4) is 0 Å². The largest absolute Gasteiger partial charge is 0.480 e. The lowest BCUT2D eigenvalue weighted by Crippen LogP contribution is -2.38. The molecular weight excluding hydrogens is 186 g/mol. The molecule has 0 aromatic heterocycles. The highest BCUT2D eigenvalue weighted by atomic mass is 32.2. The fraction of sp³-hybridized carbons (Fsp3) is 0.889. The van der Waals surface area contributed by atoms with E-state index in [2.05, 4.69) is 5.32 Å². The molecule has 0 saturated heterocycles. The first-order chi connectivity index (χ1) is 6.24. The summed E-state index contributed by atoms with van der Waals surface area (Å²) < 4.78 is 0. The molecule has 0 radical (unpaired) electrons. The van der Waals surface area contributed by atoms with E-state index in [0.29, 0.717) is 6.04 Å². The molecule has 1 aliphatic carbocycles. The number of carbonyl (C=O) groups is 1. The Labute approximate surface area is 83.3 Å². The van der Waals surface area contributed by atoms with Crippen LogP contribution in [0.4, 0.5) is 0 Å². The molecule has 0 aromatic carbocycles. The van der Waals surface area contributed by atoms with E-state index in [9.17, 15) is 4.79 Å². The Balaban J connectivity index is 2.16. The standard InChI is InChI=1S/C9H17NO2S/c1-13-6-2-3-8(9(11)12)10-7-4-5-7/h7-8,10H,2-6H2,1H3,(H,11,12). The summed E-state index contributed by atoms with van der Waals surface area (Å²) in [4.78, 5) is 10.8. The molecule has 0 aliphatic heterocycles. The van der Waals surface area contributed by atoms with Crippen molar-refractivity contribution in [3.8, 4) is 0 Å². The van der Waals surface area contributed by atoms with Crippen molar-refractivity contribution >= 4 is 17.7 Å². The number of carboxylic acids is 1. The quantitative estimate of drug-likeness (QED) is 0.613. The van der Waals surface area contributed by atoms with E-state index in [1.165, 1.54) is 0 Å². The van der Waals surface area contributed by atoms with Crippen molar-refractivity contribution in [2.24, 2.45) is 0 Å². The Hall–Kier alpha value is -0.220. The third kappa shape index (κ3) is 4.52. The fourth-order valence-corrected chi connectivity index (χ4v) is 1.70. The van der Waals surface area contributed by atoms with Gasteiger partial charge in [-0.2, -0.15) is 11.8 Å². The van der Waals surface area contributed by atoms with Gasteiger partial charge < -0.3 is 10.4 Å². The van der Waals surface area contributed by atoms with Crippen LogP contribution in [0.25, 0.3) is 0 Å². The zero-order valence-corrected chi connectivity index (χ0v) is 8.77. The zero-order valence-electron chi connectivity index (χ0n) is 7.95. The van der Waals surface area contributed by atoms with Gasteiger partial charge in [-0.15, -0.1) is 0 Å². The van der Waals surface area contributed by atoms with Gasteiger partial charge in [0, 0.05) is 6.04 Å². The predicted molar refractivity (Wildman–Crippen MR) is 55.2 cm³/mol. The number of rotatable bonds is 7. The van der Waals surface area contributed by atoms with E-state index >= 15 is 0 Å². The van der Waals surface area contributed by atoms with E-state index in [1.807, 2.05) is 6.26 Å². The van der Waals surface area contributed by atoms with Gasteiger partial charge in [-0.3, -0.25) is 4.79 Å². The maximum Gasteiger partial charge on any atom is 0.320 e. The molecule has 2 N–H and O–H groups in total. The molecule has 13 heavy (non-hydrogen) atoms. The first kappa shape index (κ1) is 10.9. The van der Waals surface area contributed by atoms with Crippen LogP contribution in [0, 0.1) is 0 Å². The Bertz CT molecular complexity index is 171. The number of hydrogen-bond acceptors (Lipinski definition) is 3. The average molecular weight is 203 g/mol. The van der Waals surface area contributed by atoms with Gasteiger partial charge in [0.2, 0.25) is 0 Å². The normalized spacial score (nSPS) is 18.5. The van der Waals surface area contributed by atoms with Gasteiger partial charge in [-0.25, -0.2) is 0 Å². The van der Waals surface area contributed by atoms with Gasteiger partial charge in [0.25, 0.3) is 0 Å². The van der Waals surface area contributed by atoms with Crippen LogP contribution in [0.1, 0.15) is 25.7 Å². The molecule has 0 amide bonds. The summed E-state index contributed by atoms with van der Waals surface area (Å²) in [5.41, 5.74) is 0. The highest BCUT2D eigenvalue weighted by Crippen LogP contribution is 2.20. The Morgan fingerprint density at radius 1 is 1.69 bits per heavy atom. The highest BCUT2D eigenvalue weighted by molar-refractivity contribution is 7.98. The molecule has 1 saturated carbocycles. The van der Waals surface area contributed by atoms with Crippen molar-refractivity contribution in [2.75, 3.05) is 12.0 Å². The molecule has 0 heterocycles. The molecule has 4 heteroatoms. The third-order valence-corrected chi connectivity index (χ3v) is 2.85. The van der Waals surface area contributed by atoms with Crippen molar-refractivity contribution in [1.29, 1.82) is 0 Å². The van der Waals surface area contributed by atoms with Crippen LogP contribution >= 0.6 is 11.8 Å². The molecular formula is C9H17NO2S. The molecule has 0 bridgehead atoms. The van der Waals surface area contributed by atoms with Crippen LogP contribution in [-0.2, 0) is 4.79 Å². The van der Waals surface area contributed by atoms with Crippen molar-refractivity contribution in [1.82, 2.24) is 5.32 Å². The predicted octanol–water partition coefficient (Wildman–Crippen LogP) is 1.33. The minimum atomic E-state index is -0.701. The van der Waals surface area contributed by atoms with Crippen molar-refractivity contribution in [2.45, 2.75) is 37.8 Å². The van der Waals surface area contributed by atoms with Crippen LogP contribution in [0.15, 0.2) is 0 Å². The first-order valence-electron chi connectivity index (χ1n) is 4.72. The van der Waals surface area contributed by atoms with Gasteiger partial charge >= 0.3 is 5.97 Å². The second-order valence-corrected chi connectivity index (χ2v) is 4.45. The van der Waals surface area contributed by atoms with E-state index in [-0.39, 0.29) is 6.04 Å². The fourth-order valence-electron chi connectivity index (χ4n) is 1.24. The second-order valence-electron chi connectivity index (χ2n) is 3.47. The van der Waals surface area contributed by atoms with Crippen LogP contribution in [0.2, 0.25) is 0 Å². The summed E-state index contributed by atoms with van der Waals surface area (Å²) in [5.74, 6) is 0.351. The maximum absolute atomic E-state index is 10.8. The monoisotopic (exact) mass is 203 g/mol. The minimum absolute atomic E-state index is 0.320. The topological polar surface area (TPSA) is 49.3 Å². The molecule has 1 atom stereocenters. The summed E-state index contributed by atoms with van der Waals surface area (Å²) in [7, 11) is 0. The Morgan fingerprint density at radius 2 is 2.38 bits per heavy atom. The Kier molecular flexibility index (Phi) is 4.59. The lowest BCUT2D eigenvalue weighted by atomic mass is 10.1. The molecule has 1 rings (SSSR count). The van der Waals surface area contributed by atoms with Crippen LogP contribution in [-0.4, -0.2) is 35.2 Å². The number of nitrogens with one attached hydrogen (secondary N) is 1. The maximum atomic E-state index is 10.8. The van der Waals surface area contributed by atoms with Gasteiger partial charge in [-0.1, -0.05) is 0 Å². The van der Waals surface area contributed by atoms with Crippen molar-refractivity contribution in [3.05, 3.63) is 0 Å². The lowest BCUT2D eigenvalue weighted by Gasteiger charge is -2.12. The third-order valence-electron chi connectivity index (χ3n) is 2.15. The van der Waals surface area contributed by atoms with Crippen LogP contribution in [0.5, 0.6) is 0 Å². The first-order valence-corrected chi connectivity index (χ1v) is 6.11. The average Bonchev–Trinajstić information content (AvgIpc) is 2.86. The number of carboxylic acid groups (broad SMARTS) is 1. The molecule has 76 valence electrons. The van der Waals surface area contributed by atoms with E-state index in [0.717, 1.165) is 31.4 Å². The van der Waals surface area contributed by atoms with Gasteiger partial charge in [0.15, 0.2) is 0 Å². The SMILES string of the molecule is CSCCCC(NC1CC1)C(=O)O. The number of thioether (sulfide) groups is 1. The van der Waals surface area contributed by atoms with E-state index in [4.69, 9.17) is 5.11 Å². The molecule has 3 nitrogen and oxygen atoms in total. The molecule has 1 aliphatic rings. The summed E-state index contributed by atoms with van der Waals surface area (Å²) in [6.45, 7) is 0. The van der Waals surface area contributed by atoms with Gasteiger partial charge in [0.05, 0.1) is 0 Å². The summed E-state index contributed by atoms with van der Waals surface area (Å²) >= 11 is 1.77. The minimum Gasteiger partial charge on any atom is -0.480 e. The molecule has 1 fully saturated rings. The summed E-state index contributed by atoms with van der Waals surface area (Å²) in [6, 6.07) is 0.162. The van der Waals surface area contributed by atoms with Crippen LogP contribution < -0.4 is 5.32 Å². The molecule has 1 unspecified atom stereocenters. The van der Waals surface area contributed by atoms with Crippen molar-refractivity contribution in [3.63, 3.8) is 0 Å². The molecule has 0 aromatic rings. The van der Waals surface area contributed by atoms with Crippen molar-refractivity contribution < 1.29 is 9.90 Å². The molecule has 0 spiro atoms. The Morgan fingerprint density at radius 3 is 2.85 bits per heavy atom. The van der Waals surface area contributed by atoms with Gasteiger partial charge in [0.1, 0.15) is 6.04 Å². The lowest BCUT2D eigenvalue weighted by molar-refractivity contribution is -0.139. The summed E-state index contributed by atoms with van der Waals surface area (Å²) in [5, 5.41) is 12.0. The second kappa shape index (κ2) is 5.50. The smallest absolute Gasteiger partial charge is 0.320 e. The van der Waals surface area contributed by atoms with E-state index in [1.54, 1.807) is 11.8 Å². The highest BCUT2D eigenvalue weighted by Gasteiger charge is 2.27. The summed E-state index contributed by atoms with van der Waals surface area (Å²) in [6.07, 6.45) is 6.08. The van der Waals surface area contributed by atoms with E-state index < -0.39 is 5.97 Å². The van der Waals surface area contributed by atoms with Gasteiger partial charge in [-0.05, 0) is 37.7 Å². The zero-order chi connectivity index (χ0) is 9.68. The number of aliphatic carboxylic acids is 1.